The van der Waals surface area contributed by atoms with Gasteiger partial charge in [0.1, 0.15) is 0 Å². The van der Waals surface area contributed by atoms with Gasteiger partial charge in [-0.05, 0) is 113 Å². The second kappa shape index (κ2) is 9.75. The minimum atomic E-state index is -0.637. The van der Waals surface area contributed by atoms with E-state index in [-0.39, 0.29) is 23.3 Å². The molecule has 1 amide bonds. The van der Waals surface area contributed by atoms with Crippen LogP contribution in [-0.2, 0) is 14.3 Å². The van der Waals surface area contributed by atoms with Crippen LogP contribution in [0.25, 0.3) is 0 Å². The van der Waals surface area contributed by atoms with Crippen molar-refractivity contribution in [3.63, 3.8) is 0 Å². The Bertz CT molecular complexity index is 900. The standard InChI is InChI=1S/C31H50N2O3/c1-7-8-9-28(36-21(3)34)29(35)33(6)23-14-16-30(4)22(18-23)10-11-24-26(30)15-17-31-19-32(5)20(2)25(31)12-13-27(24)31/h10,20,23-28H,7-9,11-19H2,1-6H3/t20-,23-,24+,25+,26-,27-,28?,30-,31?/m0/s1. The number of likely N-dealkylation sites (N-methyl/N-ethyl adjacent to an activating group) is 1. The van der Waals surface area contributed by atoms with Gasteiger partial charge in [0.05, 0.1) is 0 Å². The lowest BCUT2D eigenvalue weighted by molar-refractivity contribution is -0.160. The Morgan fingerprint density at radius 3 is 2.64 bits per heavy atom. The van der Waals surface area contributed by atoms with E-state index in [1.807, 2.05) is 11.9 Å². The van der Waals surface area contributed by atoms with Gasteiger partial charge in [0.15, 0.2) is 6.10 Å². The number of unbranched alkanes of at least 4 members (excludes halogenated alkanes) is 1. The van der Waals surface area contributed by atoms with Gasteiger partial charge < -0.3 is 14.5 Å². The summed E-state index contributed by atoms with van der Waals surface area (Å²) in [6.45, 7) is 9.86. The van der Waals surface area contributed by atoms with E-state index in [0.29, 0.717) is 11.8 Å². The van der Waals surface area contributed by atoms with Gasteiger partial charge in [0.25, 0.3) is 5.91 Å². The molecule has 1 saturated heterocycles. The van der Waals surface area contributed by atoms with Crippen LogP contribution in [0.3, 0.4) is 0 Å². The van der Waals surface area contributed by atoms with Crippen molar-refractivity contribution < 1.29 is 14.3 Å². The molecular weight excluding hydrogens is 448 g/mol. The van der Waals surface area contributed by atoms with Crippen molar-refractivity contribution in [2.24, 2.45) is 34.5 Å². The molecule has 4 aliphatic carbocycles. The summed E-state index contributed by atoms with van der Waals surface area (Å²) in [6, 6.07) is 0.955. The van der Waals surface area contributed by atoms with Crippen LogP contribution in [0.1, 0.15) is 98.3 Å². The fourth-order valence-corrected chi connectivity index (χ4v) is 10.0. The largest absolute Gasteiger partial charge is 0.452 e. The molecule has 0 radical (unpaired) electrons. The Kier molecular flexibility index (Phi) is 7.11. The summed E-state index contributed by atoms with van der Waals surface area (Å²) in [5, 5.41) is 0. The number of likely N-dealkylation sites (tertiary alicyclic amines) is 1. The van der Waals surface area contributed by atoms with Crippen LogP contribution in [-0.4, -0.2) is 60.5 Å². The highest BCUT2D eigenvalue weighted by molar-refractivity contribution is 5.83. The van der Waals surface area contributed by atoms with E-state index in [4.69, 9.17) is 4.74 Å². The third-order valence-electron chi connectivity index (χ3n) is 12.0. The second-order valence-electron chi connectivity index (χ2n) is 13.5. The quantitative estimate of drug-likeness (QED) is 0.342. The molecule has 1 heterocycles. The number of esters is 1. The molecule has 4 fully saturated rings. The number of nitrogens with zero attached hydrogens (tertiary/aromatic N) is 2. The average molecular weight is 499 g/mol. The Labute approximate surface area is 219 Å². The SMILES string of the molecule is CCCCC(OC(C)=O)C(=O)N(C)[C@H]1CC[C@@]2(C)C(=CC[C@H]3[C@@H]4CC[C@@H]5[C@H](C)N(C)CC54CC[C@@H]32)C1. The van der Waals surface area contributed by atoms with E-state index in [0.717, 1.165) is 55.4 Å². The van der Waals surface area contributed by atoms with Crippen LogP contribution < -0.4 is 0 Å². The normalized spacial score (nSPS) is 42.4. The summed E-state index contributed by atoms with van der Waals surface area (Å²) in [4.78, 5) is 29.6. The zero-order chi connectivity index (χ0) is 25.8. The summed E-state index contributed by atoms with van der Waals surface area (Å²) >= 11 is 0. The van der Waals surface area contributed by atoms with E-state index in [2.05, 4.69) is 38.8 Å². The molecule has 0 aromatic heterocycles. The predicted molar refractivity (Wildman–Crippen MR) is 143 cm³/mol. The highest BCUT2D eigenvalue weighted by Crippen LogP contribution is 2.68. The number of ether oxygens (including phenoxy) is 1. The first kappa shape index (κ1) is 26.3. The van der Waals surface area contributed by atoms with Crippen LogP contribution in [0.15, 0.2) is 11.6 Å². The van der Waals surface area contributed by atoms with Crippen molar-refractivity contribution in [3.05, 3.63) is 11.6 Å². The number of allylic oxidation sites excluding steroid dienone is 1. The van der Waals surface area contributed by atoms with Crippen molar-refractivity contribution in [3.8, 4) is 0 Å². The van der Waals surface area contributed by atoms with Gasteiger partial charge in [-0.15, -0.1) is 0 Å². The predicted octanol–water partition coefficient (Wildman–Crippen LogP) is 5.83. The molecule has 0 aromatic rings. The Hall–Kier alpha value is -1.36. The average Bonchev–Trinajstić information content (AvgIpc) is 3.33. The molecule has 5 rings (SSSR count). The molecule has 1 aliphatic heterocycles. The van der Waals surface area contributed by atoms with E-state index in [1.54, 1.807) is 5.57 Å². The molecule has 0 aromatic carbocycles. The number of carbonyl (C=O) groups excluding carboxylic acids is 2. The Morgan fingerprint density at radius 2 is 1.92 bits per heavy atom. The molecule has 3 saturated carbocycles. The van der Waals surface area contributed by atoms with Crippen LogP contribution in [0.5, 0.6) is 0 Å². The van der Waals surface area contributed by atoms with Crippen molar-refractivity contribution in [1.82, 2.24) is 9.80 Å². The van der Waals surface area contributed by atoms with Crippen molar-refractivity contribution in [2.45, 2.75) is 117 Å². The molecule has 9 atom stereocenters. The minimum Gasteiger partial charge on any atom is -0.452 e. The zero-order valence-electron chi connectivity index (χ0n) is 23.7. The summed E-state index contributed by atoms with van der Waals surface area (Å²) < 4.78 is 5.46. The van der Waals surface area contributed by atoms with Crippen molar-refractivity contribution in [1.29, 1.82) is 0 Å². The second-order valence-corrected chi connectivity index (χ2v) is 13.5. The van der Waals surface area contributed by atoms with Crippen LogP contribution in [0.2, 0.25) is 0 Å². The monoisotopic (exact) mass is 498 g/mol. The highest BCUT2D eigenvalue weighted by Gasteiger charge is 2.64. The molecule has 0 N–H and O–H groups in total. The van der Waals surface area contributed by atoms with Gasteiger partial charge in [0.2, 0.25) is 0 Å². The zero-order valence-corrected chi connectivity index (χ0v) is 23.7. The lowest BCUT2D eigenvalue weighted by Gasteiger charge is -2.58. The summed E-state index contributed by atoms with van der Waals surface area (Å²) in [5.41, 5.74) is 2.47. The molecule has 2 unspecified atom stereocenters. The van der Waals surface area contributed by atoms with Gasteiger partial charge in [0, 0.05) is 32.6 Å². The third kappa shape index (κ3) is 4.07. The van der Waals surface area contributed by atoms with Gasteiger partial charge in [-0.1, -0.05) is 31.9 Å². The molecule has 36 heavy (non-hydrogen) atoms. The van der Waals surface area contributed by atoms with Crippen LogP contribution in [0.4, 0.5) is 0 Å². The number of fused-ring (bicyclic) bond motifs is 4. The highest BCUT2D eigenvalue weighted by atomic mass is 16.5. The number of hydrogen-bond acceptors (Lipinski definition) is 4. The number of carbonyl (C=O) groups is 2. The summed E-state index contributed by atoms with van der Waals surface area (Å²) in [7, 11) is 4.29. The van der Waals surface area contributed by atoms with E-state index < -0.39 is 6.10 Å². The van der Waals surface area contributed by atoms with Gasteiger partial charge in [-0.3, -0.25) is 9.59 Å². The lowest BCUT2D eigenvalue weighted by Crippen LogP contribution is -2.53. The summed E-state index contributed by atoms with van der Waals surface area (Å²) in [5.74, 6) is 3.07. The van der Waals surface area contributed by atoms with Gasteiger partial charge in [-0.2, -0.15) is 0 Å². The van der Waals surface area contributed by atoms with E-state index in [9.17, 15) is 9.59 Å². The molecule has 5 nitrogen and oxygen atoms in total. The maximum Gasteiger partial charge on any atom is 0.303 e. The Balaban J connectivity index is 1.31. The van der Waals surface area contributed by atoms with E-state index in [1.165, 1.54) is 52.0 Å². The smallest absolute Gasteiger partial charge is 0.303 e. The van der Waals surface area contributed by atoms with Gasteiger partial charge >= 0.3 is 5.97 Å². The molecule has 202 valence electrons. The topological polar surface area (TPSA) is 49.9 Å². The lowest BCUT2D eigenvalue weighted by atomic mass is 9.47. The number of rotatable bonds is 6. The number of hydrogen-bond donors (Lipinski definition) is 0. The van der Waals surface area contributed by atoms with E-state index >= 15 is 0 Å². The maximum atomic E-state index is 13.4. The molecule has 5 heteroatoms. The minimum absolute atomic E-state index is 0.0161. The van der Waals surface area contributed by atoms with Crippen molar-refractivity contribution in [2.75, 3.05) is 20.6 Å². The third-order valence-corrected chi connectivity index (χ3v) is 12.0. The first-order valence-corrected chi connectivity index (χ1v) is 15.0. The molecule has 1 spiro atoms. The first-order valence-electron chi connectivity index (χ1n) is 15.0. The maximum absolute atomic E-state index is 13.4. The fourth-order valence-electron chi connectivity index (χ4n) is 10.0. The van der Waals surface area contributed by atoms with Crippen LogP contribution in [0, 0.1) is 34.5 Å². The van der Waals surface area contributed by atoms with Gasteiger partial charge in [-0.25, -0.2) is 0 Å². The Morgan fingerprint density at radius 1 is 1.17 bits per heavy atom. The van der Waals surface area contributed by atoms with Crippen LogP contribution >= 0.6 is 0 Å². The number of amides is 1. The summed E-state index contributed by atoms with van der Waals surface area (Å²) in [6.07, 6.45) is 14.6. The molecular formula is C31H50N2O3. The first-order chi connectivity index (χ1) is 17.1. The fraction of sp³-hybridized carbons (Fsp3) is 0.871. The molecule has 5 aliphatic rings. The molecule has 0 bridgehead atoms. The van der Waals surface area contributed by atoms with Crippen molar-refractivity contribution >= 4 is 11.9 Å².